The Balaban J connectivity index is 2.06. The predicted molar refractivity (Wildman–Crippen MR) is 59.9 cm³/mol. The van der Waals surface area contributed by atoms with E-state index in [1.807, 2.05) is 13.0 Å². The lowest BCUT2D eigenvalue weighted by Crippen LogP contribution is -2.38. The van der Waals surface area contributed by atoms with Gasteiger partial charge in [0.1, 0.15) is 10.9 Å². The second-order valence-electron chi connectivity index (χ2n) is 4.76. The molecule has 1 aliphatic heterocycles. The molecule has 1 saturated heterocycles. The van der Waals surface area contributed by atoms with Crippen LogP contribution in [0.4, 0.5) is 0 Å². The van der Waals surface area contributed by atoms with Gasteiger partial charge in [-0.05, 0) is 31.9 Å². The molecule has 0 amide bonds. The lowest BCUT2D eigenvalue weighted by Gasteiger charge is -2.24. The lowest BCUT2D eigenvalue weighted by atomic mass is 10.1. The van der Waals surface area contributed by atoms with Gasteiger partial charge in [0.05, 0.1) is 11.0 Å². The summed E-state index contributed by atoms with van der Waals surface area (Å²) in [5, 5.41) is 0. The van der Waals surface area contributed by atoms with Crippen molar-refractivity contribution in [2.45, 2.75) is 41.6 Å². The topological polar surface area (TPSA) is 46.7 Å². The van der Waals surface area contributed by atoms with Crippen LogP contribution in [-0.4, -0.2) is 25.4 Å². The normalized spacial score (nSPS) is 37.1. The molecule has 0 radical (unpaired) electrons. The first kappa shape index (κ1) is 10.3. The maximum Gasteiger partial charge on any atom is 0.186 e. The largest absolute Gasteiger partial charge is 0.368 e. The van der Waals surface area contributed by atoms with E-state index in [1.54, 1.807) is 24.3 Å². The molecule has 2 aliphatic rings. The van der Waals surface area contributed by atoms with E-state index in [-0.39, 0.29) is 12.2 Å². The standard InChI is InChI=1S/C12H14O3S/c1-12(8-7-10-11(12)15-10)16(13,14)9-5-3-2-4-6-9/h2-6,10-11H,7-8H2,1H3. The Labute approximate surface area is 95.3 Å². The number of fused-ring (bicyclic) bond motifs is 1. The van der Waals surface area contributed by atoms with E-state index in [2.05, 4.69) is 0 Å². The van der Waals surface area contributed by atoms with Crippen molar-refractivity contribution >= 4 is 9.84 Å². The molecule has 3 unspecified atom stereocenters. The first-order valence-electron chi connectivity index (χ1n) is 5.51. The van der Waals surface area contributed by atoms with Crippen LogP contribution in [0.2, 0.25) is 0 Å². The zero-order valence-corrected chi connectivity index (χ0v) is 9.91. The molecule has 0 spiro atoms. The minimum absolute atomic E-state index is 0.0855. The SMILES string of the molecule is CC1(S(=O)(=O)c2ccccc2)CCC2OC21. The van der Waals surface area contributed by atoms with Gasteiger partial charge in [0.2, 0.25) is 0 Å². The molecule has 3 nitrogen and oxygen atoms in total. The third-order valence-corrected chi connectivity index (χ3v) is 6.33. The molecule has 86 valence electrons. The summed E-state index contributed by atoms with van der Waals surface area (Å²) in [6, 6.07) is 8.67. The van der Waals surface area contributed by atoms with Crippen molar-refractivity contribution in [3.63, 3.8) is 0 Å². The Morgan fingerprint density at radius 1 is 1.31 bits per heavy atom. The zero-order chi connectivity index (χ0) is 11.4. The predicted octanol–water partition coefficient (Wildman–Crippen LogP) is 1.78. The van der Waals surface area contributed by atoms with Gasteiger partial charge >= 0.3 is 0 Å². The fraction of sp³-hybridized carbons (Fsp3) is 0.500. The van der Waals surface area contributed by atoms with E-state index >= 15 is 0 Å². The molecular formula is C12H14O3S. The van der Waals surface area contributed by atoms with Crippen LogP contribution in [-0.2, 0) is 14.6 Å². The molecule has 0 bridgehead atoms. The molecule has 1 aromatic carbocycles. The number of rotatable bonds is 2. The Morgan fingerprint density at radius 3 is 2.50 bits per heavy atom. The number of sulfone groups is 1. The molecule has 16 heavy (non-hydrogen) atoms. The minimum Gasteiger partial charge on any atom is -0.368 e. The van der Waals surface area contributed by atoms with Gasteiger partial charge in [0.25, 0.3) is 0 Å². The summed E-state index contributed by atoms with van der Waals surface area (Å²) in [5.74, 6) is 0. The van der Waals surface area contributed by atoms with E-state index in [1.165, 1.54) is 0 Å². The summed E-state index contributed by atoms with van der Waals surface area (Å²) in [4.78, 5) is 0.411. The molecule has 1 aliphatic carbocycles. The first-order valence-corrected chi connectivity index (χ1v) is 6.99. The molecule has 0 aromatic heterocycles. The zero-order valence-electron chi connectivity index (χ0n) is 9.09. The van der Waals surface area contributed by atoms with Crippen molar-refractivity contribution in [2.75, 3.05) is 0 Å². The molecule has 1 aromatic rings. The van der Waals surface area contributed by atoms with Gasteiger partial charge in [-0.3, -0.25) is 0 Å². The van der Waals surface area contributed by atoms with E-state index in [9.17, 15) is 8.42 Å². The highest BCUT2D eigenvalue weighted by molar-refractivity contribution is 7.93. The molecule has 4 heteroatoms. The highest BCUT2D eigenvalue weighted by atomic mass is 32.2. The molecule has 1 saturated carbocycles. The van der Waals surface area contributed by atoms with Crippen molar-refractivity contribution < 1.29 is 13.2 Å². The van der Waals surface area contributed by atoms with Crippen LogP contribution in [0.1, 0.15) is 19.8 Å². The fourth-order valence-electron chi connectivity index (χ4n) is 2.63. The summed E-state index contributed by atoms with van der Waals surface area (Å²) < 4.78 is 29.7. The summed E-state index contributed by atoms with van der Waals surface area (Å²) in [7, 11) is -3.27. The average molecular weight is 238 g/mol. The van der Waals surface area contributed by atoms with Crippen LogP contribution >= 0.6 is 0 Å². The summed E-state index contributed by atoms with van der Waals surface area (Å²) in [5.41, 5.74) is 0. The van der Waals surface area contributed by atoms with Gasteiger partial charge in [0.15, 0.2) is 9.84 Å². The molecule has 0 N–H and O–H groups in total. The molecular weight excluding hydrogens is 224 g/mol. The molecule has 3 atom stereocenters. The third kappa shape index (κ3) is 1.20. The summed E-state index contributed by atoms with van der Waals surface area (Å²) in [6.07, 6.45) is 1.67. The number of ether oxygens (including phenoxy) is 1. The summed E-state index contributed by atoms with van der Waals surface area (Å²) >= 11 is 0. The number of epoxide rings is 1. The van der Waals surface area contributed by atoms with Gasteiger partial charge < -0.3 is 4.74 Å². The van der Waals surface area contributed by atoms with E-state index < -0.39 is 14.6 Å². The minimum atomic E-state index is -3.27. The Bertz CT molecular complexity index is 508. The molecule has 1 heterocycles. The van der Waals surface area contributed by atoms with E-state index in [0.29, 0.717) is 11.3 Å². The Morgan fingerprint density at radius 2 is 2.00 bits per heavy atom. The van der Waals surface area contributed by atoms with Gasteiger partial charge in [0, 0.05) is 0 Å². The number of benzene rings is 1. The highest BCUT2D eigenvalue weighted by Crippen LogP contribution is 2.51. The van der Waals surface area contributed by atoms with Crippen molar-refractivity contribution in [3.05, 3.63) is 30.3 Å². The maximum atomic E-state index is 12.5. The van der Waals surface area contributed by atoms with Gasteiger partial charge in [-0.1, -0.05) is 18.2 Å². The third-order valence-electron chi connectivity index (χ3n) is 3.78. The van der Waals surface area contributed by atoms with Crippen LogP contribution in [0, 0.1) is 0 Å². The maximum absolute atomic E-state index is 12.5. The number of hydrogen-bond acceptors (Lipinski definition) is 3. The number of hydrogen-bond donors (Lipinski definition) is 0. The average Bonchev–Trinajstić information content (AvgIpc) is 3.00. The first-order chi connectivity index (χ1) is 7.56. The van der Waals surface area contributed by atoms with Crippen molar-refractivity contribution in [1.82, 2.24) is 0 Å². The van der Waals surface area contributed by atoms with Crippen LogP contribution in [0.5, 0.6) is 0 Å². The highest BCUT2D eigenvalue weighted by Gasteiger charge is 2.63. The quantitative estimate of drug-likeness (QED) is 0.738. The van der Waals surface area contributed by atoms with Crippen LogP contribution in [0.15, 0.2) is 35.2 Å². The van der Waals surface area contributed by atoms with E-state index in [0.717, 1.165) is 6.42 Å². The Hall–Kier alpha value is -0.870. The van der Waals surface area contributed by atoms with Crippen LogP contribution < -0.4 is 0 Å². The second kappa shape index (κ2) is 3.08. The van der Waals surface area contributed by atoms with E-state index in [4.69, 9.17) is 4.74 Å². The van der Waals surface area contributed by atoms with Crippen molar-refractivity contribution in [3.8, 4) is 0 Å². The van der Waals surface area contributed by atoms with Gasteiger partial charge in [-0.2, -0.15) is 0 Å². The smallest absolute Gasteiger partial charge is 0.186 e. The monoisotopic (exact) mass is 238 g/mol. The van der Waals surface area contributed by atoms with Crippen molar-refractivity contribution in [1.29, 1.82) is 0 Å². The van der Waals surface area contributed by atoms with Crippen LogP contribution in [0.3, 0.4) is 0 Å². The van der Waals surface area contributed by atoms with Gasteiger partial charge in [-0.15, -0.1) is 0 Å². The molecule has 2 fully saturated rings. The van der Waals surface area contributed by atoms with Gasteiger partial charge in [-0.25, -0.2) is 8.42 Å². The van der Waals surface area contributed by atoms with Crippen LogP contribution in [0.25, 0.3) is 0 Å². The second-order valence-corrected chi connectivity index (χ2v) is 7.17. The van der Waals surface area contributed by atoms with Crippen molar-refractivity contribution in [2.24, 2.45) is 0 Å². The molecule has 3 rings (SSSR count). The summed E-state index contributed by atoms with van der Waals surface area (Å²) in [6.45, 7) is 1.81. The lowest BCUT2D eigenvalue weighted by molar-refractivity contribution is 0.286. The Kier molecular flexibility index (Phi) is 1.98. The fourth-order valence-corrected chi connectivity index (χ4v) is 4.58.